The lowest BCUT2D eigenvalue weighted by atomic mass is 9.98. The van der Waals surface area contributed by atoms with E-state index in [9.17, 15) is 5.11 Å². The van der Waals surface area contributed by atoms with Crippen LogP contribution >= 0.6 is 11.6 Å². The molecule has 2 nitrogen and oxygen atoms in total. The quantitative estimate of drug-likeness (QED) is 0.723. The van der Waals surface area contributed by atoms with Crippen molar-refractivity contribution in [3.05, 3.63) is 28.8 Å². The maximum absolute atomic E-state index is 9.32. The second-order valence-electron chi connectivity index (χ2n) is 3.40. The molecule has 1 fully saturated rings. The Balaban J connectivity index is 2.32. The SMILES string of the molecule is Oc1ccc(Cl)c([C@@H]2CCNC2)c1. The fourth-order valence-electron chi connectivity index (χ4n) is 1.76. The van der Waals surface area contributed by atoms with Crippen molar-refractivity contribution in [1.82, 2.24) is 5.32 Å². The van der Waals surface area contributed by atoms with Gasteiger partial charge in [0.1, 0.15) is 5.75 Å². The molecule has 0 radical (unpaired) electrons. The van der Waals surface area contributed by atoms with Gasteiger partial charge in [-0.25, -0.2) is 0 Å². The van der Waals surface area contributed by atoms with Crippen molar-refractivity contribution in [3.63, 3.8) is 0 Å². The van der Waals surface area contributed by atoms with Crippen molar-refractivity contribution in [3.8, 4) is 5.75 Å². The van der Waals surface area contributed by atoms with Crippen LogP contribution in [0.1, 0.15) is 17.9 Å². The molecule has 1 atom stereocenters. The molecule has 0 aromatic heterocycles. The number of halogens is 1. The summed E-state index contributed by atoms with van der Waals surface area (Å²) in [5.74, 6) is 0.755. The molecular weight excluding hydrogens is 186 g/mol. The minimum Gasteiger partial charge on any atom is -0.508 e. The fraction of sp³-hybridized carbons (Fsp3) is 0.400. The number of phenols is 1. The van der Waals surface area contributed by atoms with E-state index < -0.39 is 0 Å². The van der Waals surface area contributed by atoms with E-state index in [1.165, 1.54) is 0 Å². The summed E-state index contributed by atoms with van der Waals surface area (Å²) < 4.78 is 0. The highest BCUT2D eigenvalue weighted by Gasteiger charge is 2.19. The van der Waals surface area contributed by atoms with E-state index in [0.717, 1.165) is 30.1 Å². The van der Waals surface area contributed by atoms with Crippen molar-refractivity contribution in [2.24, 2.45) is 0 Å². The van der Waals surface area contributed by atoms with Gasteiger partial charge in [-0.15, -0.1) is 0 Å². The molecule has 1 saturated heterocycles. The highest BCUT2D eigenvalue weighted by Crippen LogP contribution is 2.31. The van der Waals surface area contributed by atoms with Crippen LogP contribution in [0.3, 0.4) is 0 Å². The molecule has 3 heteroatoms. The largest absolute Gasteiger partial charge is 0.508 e. The molecule has 2 N–H and O–H groups in total. The Kier molecular flexibility index (Phi) is 2.42. The first-order chi connectivity index (χ1) is 6.27. The third-order valence-corrected chi connectivity index (χ3v) is 2.82. The molecule has 13 heavy (non-hydrogen) atoms. The number of phenolic OH excluding ortho intramolecular Hbond substituents is 1. The second-order valence-corrected chi connectivity index (χ2v) is 3.80. The van der Waals surface area contributed by atoms with Crippen LogP contribution in [0.2, 0.25) is 5.02 Å². The van der Waals surface area contributed by atoms with Crippen LogP contribution in [0, 0.1) is 0 Å². The van der Waals surface area contributed by atoms with E-state index in [1.54, 1.807) is 18.2 Å². The summed E-state index contributed by atoms with van der Waals surface area (Å²) in [5, 5.41) is 13.4. The molecule has 1 heterocycles. The van der Waals surface area contributed by atoms with Crippen LogP contribution in [-0.4, -0.2) is 18.2 Å². The standard InChI is InChI=1S/C10H12ClNO/c11-10-2-1-8(13)5-9(10)7-3-4-12-6-7/h1-2,5,7,12-13H,3-4,6H2/t7-/m1/s1. The van der Waals surface area contributed by atoms with Crippen LogP contribution in [-0.2, 0) is 0 Å². The van der Waals surface area contributed by atoms with Crippen molar-refractivity contribution in [2.75, 3.05) is 13.1 Å². The first kappa shape index (κ1) is 8.85. The Morgan fingerprint density at radius 2 is 2.31 bits per heavy atom. The molecule has 1 aromatic carbocycles. The van der Waals surface area contributed by atoms with Gasteiger partial charge in [-0.1, -0.05) is 11.6 Å². The van der Waals surface area contributed by atoms with Gasteiger partial charge in [0, 0.05) is 11.6 Å². The van der Waals surface area contributed by atoms with Crippen LogP contribution in [0.25, 0.3) is 0 Å². The molecule has 70 valence electrons. The van der Waals surface area contributed by atoms with E-state index >= 15 is 0 Å². The number of benzene rings is 1. The predicted octanol–water partition coefficient (Wildman–Crippen LogP) is 2.12. The lowest BCUT2D eigenvalue weighted by molar-refractivity contribution is 0.474. The molecule has 0 spiro atoms. The van der Waals surface area contributed by atoms with Gasteiger partial charge in [-0.05, 0) is 42.6 Å². The Morgan fingerprint density at radius 1 is 1.46 bits per heavy atom. The number of hydrogen-bond acceptors (Lipinski definition) is 2. The molecular formula is C10H12ClNO. The molecule has 0 aliphatic carbocycles. The third kappa shape index (κ3) is 1.79. The van der Waals surface area contributed by atoms with Crippen LogP contribution in [0.5, 0.6) is 5.75 Å². The highest BCUT2D eigenvalue weighted by molar-refractivity contribution is 6.31. The summed E-state index contributed by atoms with van der Waals surface area (Å²) in [6.45, 7) is 2.00. The molecule has 0 unspecified atom stereocenters. The van der Waals surface area contributed by atoms with Crippen LogP contribution in [0.4, 0.5) is 0 Å². The Bertz CT molecular complexity index is 308. The van der Waals surface area contributed by atoms with E-state index in [0.29, 0.717) is 11.7 Å². The van der Waals surface area contributed by atoms with Crippen molar-refractivity contribution in [2.45, 2.75) is 12.3 Å². The molecule has 2 rings (SSSR count). The number of rotatable bonds is 1. The Labute approximate surface area is 82.5 Å². The fourth-order valence-corrected chi connectivity index (χ4v) is 2.04. The summed E-state index contributed by atoms with van der Waals surface area (Å²) in [5.41, 5.74) is 1.06. The molecule has 1 aliphatic heterocycles. The van der Waals surface area contributed by atoms with Crippen molar-refractivity contribution < 1.29 is 5.11 Å². The maximum atomic E-state index is 9.32. The first-order valence-corrected chi connectivity index (χ1v) is 4.84. The van der Waals surface area contributed by atoms with Gasteiger partial charge in [0.25, 0.3) is 0 Å². The Morgan fingerprint density at radius 3 is 3.00 bits per heavy atom. The zero-order valence-electron chi connectivity index (χ0n) is 7.26. The average Bonchev–Trinajstić information content (AvgIpc) is 2.61. The van der Waals surface area contributed by atoms with Gasteiger partial charge < -0.3 is 10.4 Å². The van der Waals surface area contributed by atoms with E-state index in [2.05, 4.69) is 5.32 Å². The number of nitrogens with one attached hydrogen (secondary N) is 1. The molecule has 0 amide bonds. The second kappa shape index (κ2) is 3.56. The van der Waals surface area contributed by atoms with Gasteiger partial charge in [-0.3, -0.25) is 0 Å². The number of hydrogen-bond donors (Lipinski definition) is 2. The lowest BCUT2D eigenvalue weighted by Gasteiger charge is -2.10. The summed E-state index contributed by atoms with van der Waals surface area (Å²) in [6.07, 6.45) is 1.10. The van der Waals surface area contributed by atoms with Gasteiger partial charge in [0.05, 0.1) is 0 Å². The molecule has 0 bridgehead atoms. The summed E-state index contributed by atoms with van der Waals surface area (Å²) in [6, 6.07) is 5.14. The topological polar surface area (TPSA) is 32.3 Å². The Hall–Kier alpha value is -0.730. The summed E-state index contributed by atoms with van der Waals surface area (Å²) in [7, 11) is 0. The average molecular weight is 198 g/mol. The van der Waals surface area contributed by atoms with Crippen LogP contribution < -0.4 is 5.32 Å². The highest BCUT2D eigenvalue weighted by atomic mass is 35.5. The van der Waals surface area contributed by atoms with Gasteiger partial charge in [-0.2, -0.15) is 0 Å². The van der Waals surface area contributed by atoms with Gasteiger partial charge in [0.2, 0.25) is 0 Å². The summed E-state index contributed by atoms with van der Waals surface area (Å²) in [4.78, 5) is 0. The van der Waals surface area contributed by atoms with Crippen LogP contribution in [0.15, 0.2) is 18.2 Å². The molecule has 0 saturated carbocycles. The van der Waals surface area contributed by atoms with E-state index in [1.807, 2.05) is 0 Å². The maximum Gasteiger partial charge on any atom is 0.115 e. The minimum absolute atomic E-state index is 0.298. The van der Waals surface area contributed by atoms with Gasteiger partial charge >= 0.3 is 0 Å². The number of aromatic hydroxyl groups is 1. The monoisotopic (exact) mass is 197 g/mol. The summed E-state index contributed by atoms with van der Waals surface area (Å²) >= 11 is 6.04. The molecule has 1 aromatic rings. The zero-order chi connectivity index (χ0) is 9.26. The van der Waals surface area contributed by atoms with Gasteiger partial charge in [0.15, 0.2) is 0 Å². The third-order valence-electron chi connectivity index (χ3n) is 2.48. The predicted molar refractivity (Wildman–Crippen MR) is 53.3 cm³/mol. The van der Waals surface area contributed by atoms with E-state index in [-0.39, 0.29) is 0 Å². The zero-order valence-corrected chi connectivity index (χ0v) is 8.01. The molecule has 1 aliphatic rings. The normalized spacial score (nSPS) is 22.1. The lowest BCUT2D eigenvalue weighted by Crippen LogP contribution is -2.08. The van der Waals surface area contributed by atoms with E-state index in [4.69, 9.17) is 11.6 Å². The first-order valence-electron chi connectivity index (χ1n) is 4.46. The smallest absolute Gasteiger partial charge is 0.115 e. The minimum atomic E-state index is 0.298. The van der Waals surface area contributed by atoms with Crippen molar-refractivity contribution in [1.29, 1.82) is 0 Å². The van der Waals surface area contributed by atoms with Crippen molar-refractivity contribution >= 4 is 11.6 Å².